The fraction of sp³-hybridized carbons (Fsp3) is 0.300. The van der Waals surface area contributed by atoms with Gasteiger partial charge in [-0.2, -0.15) is 8.78 Å². The van der Waals surface area contributed by atoms with Crippen molar-refractivity contribution in [1.29, 1.82) is 0 Å². The van der Waals surface area contributed by atoms with E-state index in [1.807, 2.05) is 0 Å². The second-order valence-corrected chi connectivity index (χ2v) is 3.34. The Morgan fingerprint density at radius 3 is 2.56 bits per heavy atom. The van der Waals surface area contributed by atoms with E-state index in [-0.39, 0.29) is 5.56 Å². The van der Waals surface area contributed by atoms with Crippen LogP contribution in [-0.2, 0) is 4.74 Å². The zero-order valence-electron chi connectivity index (χ0n) is 8.91. The molecule has 16 heavy (non-hydrogen) atoms. The first-order chi connectivity index (χ1) is 7.41. The largest absolute Gasteiger partial charge is 0.399 e. The van der Waals surface area contributed by atoms with E-state index in [4.69, 9.17) is 5.73 Å². The molecule has 0 aromatic heterocycles. The molecule has 0 radical (unpaired) electrons. The van der Waals surface area contributed by atoms with Crippen LogP contribution in [0.2, 0.25) is 0 Å². The van der Waals surface area contributed by atoms with Gasteiger partial charge in [-0.3, -0.25) is 0 Å². The number of benzene rings is 1. The van der Waals surface area contributed by atoms with Gasteiger partial charge in [0.2, 0.25) is 0 Å². The van der Waals surface area contributed by atoms with Crippen LogP contribution in [0.5, 0.6) is 0 Å². The lowest BCUT2D eigenvalue weighted by molar-refractivity contribution is -0.0905. The van der Waals surface area contributed by atoms with Crippen molar-refractivity contribution in [3.63, 3.8) is 0 Å². The van der Waals surface area contributed by atoms with Crippen molar-refractivity contribution in [1.82, 2.24) is 0 Å². The average molecular weight is 230 g/mol. The first kappa shape index (κ1) is 12.2. The van der Waals surface area contributed by atoms with Crippen molar-refractivity contribution >= 4 is 17.3 Å². The molecule has 2 N–H and O–H groups in total. The summed E-state index contributed by atoms with van der Waals surface area (Å²) in [5.74, 6) is -1.09. The molecule has 1 aromatic rings. The van der Waals surface area contributed by atoms with Crippen LogP contribution in [0.15, 0.2) is 18.2 Å². The van der Waals surface area contributed by atoms with Crippen molar-refractivity contribution in [2.24, 2.45) is 0 Å². The van der Waals surface area contributed by atoms with Crippen molar-refractivity contribution in [3.05, 3.63) is 23.8 Å². The van der Waals surface area contributed by atoms with E-state index in [0.29, 0.717) is 11.4 Å². The van der Waals surface area contributed by atoms with Crippen LogP contribution in [0.3, 0.4) is 0 Å². The molecule has 6 heteroatoms. The van der Waals surface area contributed by atoms with Gasteiger partial charge in [0.25, 0.3) is 0 Å². The SMILES string of the molecule is CN(C)c1ccc(N)cc1C(=O)OC(F)F. The number of halogens is 2. The second kappa shape index (κ2) is 4.78. The Morgan fingerprint density at radius 1 is 1.44 bits per heavy atom. The van der Waals surface area contributed by atoms with Gasteiger partial charge in [-0.25, -0.2) is 4.79 Å². The zero-order chi connectivity index (χ0) is 12.3. The lowest BCUT2D eigenvalue weighted by atomic mass is 10.1. The minimum atomic E-state index is -3.14. The van der Waals surface area contributed by atoms with Crippen molar-refractivity contribution < 1.29 is 18.3 Å². The summed E-state index contributed by atoms with van der Waals surface area (Å²) in [4.78, 5) is 13.0. The molecule has 4 nitrogen and oxygen atoms in total. The summed E-state index contributed by atoms with van der Waals surface area (Å²) in [5.41, 5.74) is 6.29. The van der Waals surface area contributed by atoms with Crippen LogP contribution in [-0.4, -0.2) is 26.7 Å². The van der Waals surface area contributed by atoms with Crippen LogP contribution in [0.1, 0.15) is 10.4 Å². The smallest absolute Gasteiger partial charge is 0.389 e. The Hall–Kier alpha value is -1.85. The van der Waals surface area contributed by atoms with Crippen LogP contribution in [0.4, 0.5) is 20.2 Å². The lowest BCUT2D eigenvalue weighted by Crippen LogP contribution is -2.17. The van der Waals surface area contributed by atoms with Gasteiger partial charge in [-0.1, -0.05) is 0 Å². The van der Waals surface area contributed by atoms with Gasteiger partial charge in [-0.05, 0) is 18.2 Å². The highest BCUT2D eigenvalue weighted by Gasteiger charge is 2.18. The van der Waals surface area contributed by atoms with E-state index >= 15 is 0 Å². The van der Waals surface area contributed by atoms with Crippen molar-refractivity contribution in [2.45, 2.75) is 6.61 Å². The first-order valence-corrected chi connectivity index (χ1v) is 4.48. The summed E-state index contributed by atoms with van der Waals surface area (Å²) in [6.07, 6.45) is 0. The van der Waals surface area contributed by atoms with Crippen molar-refractivity contribution in [3.8, 4) is 0 Å². The van der Waals surface area contributed by atoms with Gasteiger partial charge in [0.15, 0.2) is 0 Å². The average Bonchev–Trinajstić information content (AvgIpc) is 2.15. The Morgan fingerprint density at radius 2 is 2.06 bits per heavy atom. The predicted octanol–water partition coefficient (Wildman–Crippen LogP) is 1.71. The molecule has 0 saturated carbocycles. The number of anilines is 2. The number of carbonyl (C=O) groups excluding carboxylic acids is 1. The Balaban J connectivity index is 3.09. The van der Waals surface area contributed by atoms with Crippen LogP contribution < -0.4 is 10.6 Å². The highest BCUT2D eigenvalue weighted by molar-refractivity contribution is 5.96. The summed E-state index contributed by atoms with van der Waals surface area (Å²) in [5, 5.41) is 0. The summed E-state index contributed by atoms with van der Waals surface area (Å²) in [6.45, 7) is -3.14. The van der Waals surface area contributed by atoms with Crippen LogP contribution in [0.25, 0.3) is 0 Å². The Bertz CT molecular complexity index is 394. The third-order valence-corrected chi connectivity index (χ3v) is 1.92. The van der Waals surface area contributed by atoms with E-state index < -0.39 is 12.6 Å². The van der Waals surface area contributed by atoms with Gasteiger partial charge in [-0.15, -0.1) is 0 Å². The summed E-state index contributed by atoms with van der Waals surface area (Å²) >= 11 is 0. The molecule has 1 aromatic carbocycles. The van der Waals surface area contributed by atoms with Gasteiger partial charge < -0.3 is 15.4 Å². The number of esters is 1. The predicted molar refractivity (Wildman–Crippen MR) is 56.6 cm³/mol. The maximum absolute atomic E-state index is 11.9. The Labute approximate surface area is 91.6 Å². The third-order valence-electron chi connectivity index (χ3n) is 1.92. The number of nitrogen functional groups attached to an aromatic ring is 1. The Kier molecular flexibility index (Phi) is 3.65. The first-order valence-electron chi connectivity index (χ1n) is 4.48. The fourth-order valence-corrected chi connectivity index (χ4v) is 1.25. The van der Waals surface area contributed by atoms with Crippen LogP contribution in [0, 0.1) is 0 Å². The van der Waals surface area contributed by atoms with E-state index in [9.17, 15) is 13.6 Å². The minimum absolute atomic E-state index is 0.0188. The van der Waals surface area contributed by atoms with Gasteiger partial charge >= 0.3 is 12.6 Å². The number of nitrogens with zero attached hydrogens (tertiary/aromatic N) is 1. The van der Waals surface area contributed by atoms with Gasteiger partial charge in [0.1, 0.15) is 0 Å². The maximum atomic E-state index is 11.9. The molecule has 0 amide bonds. The molecule has 88 valence electrons. The quantitative estimate of drug-likeness (QED) is 0.634. The second-order valence-electron chi connectivity index (χ2n) is 3.34. The fourth-order valence-electron chi connectivity index (χ4n) is 1.25. The number of carbonyl (C=O) groups is 1. The number of rotatable bonds is 3. The number of alkyl halides is 2. The third kappa shape index (κ3) is 2.82. The maximum Gasteiger partial charge on any atom is 0.389 e. The monoisotopic (exact) mass is 230 g/mol. The molecule has 0 fully saturated rings. The molecule has 0 bridgehead atoms. The molecule has 0 aliphatic rings. The van der Waals surface area contributed by atoms with E-state index in [0.717, 1.165) is 0 Å². The van der Waals surface area contributed by atoms with E-state index in [1.54, 1.807) is 31.1 Å². The molecule has 0 aliphatic heterocycles. The molecule has 0 heterocycles. The molecular formula is C10H12F2N2O2. The van der Waals surface area contributed by atoms with Gasteiger partial charge in [0, 0.05) is 19.8 Å². The minimum Gasteiger partial charge on any atom is -0.399 e. The summed E-state index contributed by atoms with van der Waals surface area (Å²) < 4.78 is 27.7. The standard InChI is InChI=1S/C10H12F2N2O2/c1-14(2)8-4-3-6(13)5-7(8)9(15)16-10(11)12/h3-5,10H,13H2,1-2H3. The number of hydrogen-bond donors (Lipinski definition) is 1. The summed E-state index contributed by atoms with van der Waals surface area (Å²) in [6, 6.07) is 4.45. The summed E-state index contributed by atoms with van der Waals surface area (Å²) in [7, 11) is 3.37. The molecule has 0 unspecified atom stereocenters. The number of hydrogen-bond acceptors (Lipinski definition) is 4. The molecule has 1 rings (SSSR count). The topological polar surface area (TPSA) is 55.6 Å². The van der Waals surface area contributed by atoms with Gasteiger partial charge in [0.05, 0.1) is 11.3 Å². The molecule has 0 spiro atoms. The number of nitrogens with two attached hydrogens (primary N) is 1. The lowest BCUT2D eigenvalue weighted by Gasteiger charge is -2.16. The zero-order valence-corrected chi connectivity index (χ0v) is 8.91. The highest BCUT2D eigenvalue weighted by atomic mass is 19.3. The highest BCUT2D eigenvalue weighted by Crippen LogP contribution is 2.22. The van der Waals surface area contributed by atoms with E-state index in [2.05, 4.69) is 4.74 Å². The molecule has 0 saturated heterocycles. The van der Waals surface area contributed by atoms with Crippen LogP contribution >= 0.6 is 0 Å². The molecule has 0 atom stereocenters. The molecular weight excluding hydrogens is 218 g/mol. The number of ether oxygens (including phenoxy) is 1. The normalized spacial score (nSPS) is 10.3. The van der Waals surface area contributed by atoms with Crippen molar-refractivity contribution in [2.75, 3.05) is 24.7 Å². The van der Waals surface area contributed by atoms with E-state index in [1.165, 1.54) is 6.07 Å². The molecule has 0 aliphatic carbocycles.